The van der Waals surface area contributed by atoms with Crippen molar-refractivity contribution in [2.24, 2.45) is 0 Å². The Hall–Kier alpha value is -0.450. The Labute approximate surface area is 97.6 Å². The predicted octanol–water partition coefficient (Wildman–Crippen LogP) is 2.62. The molecule has 0 amide bonds. The van der Waals surface area contributed by atoms with Crippen LogP contribution in [0.3, 0.4) is 0 Å². The highest BCUT2D eigenvalue weighted by atomic mass is 79.9. The average molecular weight is 276 g/mol. The van der Waals surface area contributed by atoms with Gasteiger partial charge in [0.2, 0.25) is 0 Å². The van der Waals surface area contributed by atoms with Gasteiger partial charge in [0.1, 0.15) is 5.82 Å². The molecule has 0 aliphatic rings. The summed E-state index contributed by atoms with van der Waals surface area (Å²) >= 11 is 3.15. The lowest BCUT2D eigenvalue weighted by molar-refractivity contribution is 0.266. The van der Waals surface area contributed by atoms with Crippen LogP contribution in [0.4, 0.5) is 4.39 Å². The van der Waals surface area contributed by atoms with Crippen LogP contribution in [-0.2, 0) is 0 Å². The fourth-order valence-electron chi connectivity index (χ4n) is 1.49. The fraction of sp³-hybridized carbons (Fsp3) is 0.455. The van der Waals surface area contributed by atoms with Gasteiger partial charge in [-0.3, -0.25) is 0 Å². The highest BCUT2D eigenvalue weighted by Crippen LogP contribution is 2.23. The van der Waals surface area contributed by atoms with Gasteiger partial charge in [-0.1, -0.05) is 13.0 Å². The molecule has 0 fully saturated rings. The van der Waals surface area contributed by atoms with E-state index in [1.165, 1.54) is 6.07 Å². The molecule has 1 rings (SSSR count). The van der Waals surface area contributed by atoms with Crippen molar-refractivity contribution >= 4 is 15.9 Å². The zero-order valence-electron chi connectivity index (χ0n) is 8.63. The molecular formula is C11H15BrFNO. The Morgan fingerprint density at radius 3 is 2.80 bits per heavy atom. The highest BCUT2D eigenvalue weighted by molar-refractivity contribution is 9.10. The predicted molar refractivity (Wildman–Crippen MR) is 62.2 cm³/mol. The van der Waals surface area contributed by atoms with Crippen LogP contribution in [-0.4, -0.2) is 18.3 Å². The lowest BCUT2D eigenvalue weighted by atomic mass is 10.0. The third-order valence-electron chi connectivity index (χ3n) is 2.21. The van der Waals surface area contributed by atoms with E-state index in [9.17, 15) is 4.39 Å². The normalized spacial score (nSPS) is 12.8. The van der Waals surface area contributed by atoms with Gasteiger partial charge in [-0.25, -0.2) is 4.39 Å². The minimum Gasteiger partial charge on any atom is -0.396 e. The summed E-state index contributed by atoms with van der Waals surface area (Å²) in [6.07, 6.45) is 0.631. The SMILES string of the molecule is CCNC(CCO)c1ccc(F)c(Br)c1. The van der Waals surface area contributed by atoms with Gasteiger partial charge in [0.05, 0.1) is 4.47 Å². The Balaban J connectivity index is 2.85. The first-order valence-electron chi connectivity index (χ1n) is 4.98. The molecule has 4 heteroatoms. The van der Waals surface area contributed by atoms with Crippen LogP contribution < -0.4 is 5.32 Å². The lowest BCUT2D eigenvalue weighted by Gasteiger charge is -2.17. The third-order valence-corrected chi connectivity index (χ3v) is 2.82. The van der Waals surface area contributed by atoms with Crippen LogP contribution in [0, 0.1) is 5.82 Å². The summed E-state index contributed by atoms with van der Waals surface area (Å²) in [5, 5.41) is 12.2. The van der Waals surface area contributed by atoms with Crippen molar-refractivity contribution in [1.29, 1.82) is 0 Å². The zero-order chi connectivity index (χ0) is 11.3. The van der Waals surface area contributed by atoms with Gasteiger partial charge >= 0.3 is 0 Å². The maximum absolute atomic E-state index is 13.0. The van der Waals surface area contributed by atoms with Crippen LogP contribution in [0.5, 0.6) is 0 Å². The van der Waals surface area contributed by atoms with E-state index in [0.717, 1.165) is 12.1 Å². The van der Waals surface area contributed by atoms with Gasteiger partial charge in [-0.2, -0.15) is 0 Å². The Kier molecular flexibility index (Phi) is 5.22. The summed E-state index contributed by atoms with van der Waals surface area (Å²) in [4.78, 5) is 0. The zero-order valence-corrected chi connectivity index (χ0v) is 10.2. The summed E-state index contributed by atoms with van der Waals surface area (Å²) in [7, 11) is 0. The molecule has 0 aromatic heterocycles. The number of benzene rings is 1. The number of rotatable bonds is 5. The van der Waals surface area contributed by atoms with Crippen molar-refractivity contribution in [2.45, 2.75) is 19.4 Å². The van der Waals surface area contributed by atoms with Crippen LogP contribution in [0.15, 0.2) is 22.7 Å². The molecule has 0 bridgehead atoms. The number of hydrogen-bond acceptors (Lipinski definition) is 2. The van der Waals surface area contributed by atoms with E-state index in [1.54, 1.807) is 12.1 Å². The molecule has 1 aromatic rings. The molecule has 0 spiro atoms. The number of hydrogen-bond donors (Lipinski definition) is 2. The van der Waals surface area contributed by atoms with Gasteiger partial charge in [0.25, 0.3) is 0 Å². The minimum atomic E-state index is -0.266. The first kappa shape index (κ1) is 12.6. The van der Waals surface area contributed by atoms with E-state index in [4.69, 9.17) is 5.11 Å². The smallest absolute Gasteiger partial charge is 0.137 e. The molecule has 15 heavy (non-hydrogen) atoms. The van der Waals surface area contributed by atoms with Gasteiger partial charge in [-0.05, 0) is 46.6 Å². The third kappa shape index (κ3) is 3.55. The maximum Gasteiger partial charge on any atom is 0.137 e. The molecule has 0 saturated carbocycles. The van der Waals surface area contributed by atoms with Crippen LogP contribution in [0.1, 0.15) is 24.9 Å². The number of halogens is 2. The molecule has 0 heterocycles. The summed E-state index contributed by atoms with van der Waals surface area (Å²) in [5.74, 6) is -0.266. The topological polar surface area (TPSA) is 32.3 Å². The van der Waals surface area contributed by atoms with Gasteiger partial charge in [0.15, 0.2) is 0 Å². The molecule has 1 atom stereocenters. The molecule has 0 aliphatic carbocycles. The molecule has 1 unspecified atom stereocenters. The van der Waals surface area contributed by atoms with E-state index < -0.39 is 0 Å². The second-order valence-electron chi connectivity index (χ2n) is 3.30. The summed E-state index contributed by atoms with van der Waals surface area (Å²) in [6.45, 7) is 2.94. The number of aliphatic hydroxyl groups is 1. The molecule has 0 saturated heterocycles. The lowest BCUT2D eigenvalue weighted by Crippen LogP contribution is -2.21. The van der Waals surface area contributed by atoms with Crippen molar-refractivity contribution in [3.8, 4) is 0 Å². The fourth-order valence-corrected chi connectivity index (χ4v) is 1.89. The molecule has 2 nitrogen and oxygen atoms in total. The van der Waals surface area contributed by atoms with Gasteiger partial charge < -0.3 is 10.4 Å². The molecule has 0 aliphatic heterocycles. The minimum absolute atomic E-state index is 0.0805. The summed E-state index contributed by atoms with van der Waals surface area (Å²) in [5.41, 5.74) is 0.985. The van der Waals surface area contributed by atoms with Crippen LogP contribution in [0.2, 0.25) is 0 Å². The number of aliphatic hydroxyl groups excluding tert-OH is 1. The molecule has 2 N–H and O–H groups in total. The van der Waals surface area contributed by atoms with Gasteiger partial charge in [-0.15, -0.1) is 0 Å². The summed E-state index contributed by atoms with van der Waals surface area (Å²) in [6, 6.07) is 5.00. The highest BCUT2D eigenvalue weighted by Gasteiger charge is 2.11. The Morgan fingerprint density at radius 2 is 2.27 bits per heavy atom. The van der Waals surface area contributed by atoms with Crippen molar-refractivity contribution < 1.29 is 9.50 Å². The number of nitrogens with one attached hydrogen (secondary N) is 1. The molecular weight excluding hydrogens is 261 g/mol. The van der Waals surface area contributed by atoms with Crippen LogP contribution >= 0.6 is 15.9 Å². The van der Waals surface area contributed by atoms with Crippen molar-refractivity contribution in [3.63, 3.8) is 0 Å². The van der Waals surface area contributed by atoms with E-state index in [2.05, 4.69) is 21.2 Å². The molecule has 84 valence electrons. The van der Waals surface area contributed by atoms with Crippen molar-refractivity contribution in [3.05, 3.63) is 34.1 Å². The Bertz CT molecular complexity index is 313. The second-order valence-corrected chi connectivity index (χ2v) is 4.15. The Morgan fingerprint density at radius 1 is 1.53 bits per heavy atom. The first-order chi connectivity index (χ1) is 7.19. The maximum atomic E-state index is 13.0. The van der Waals surface area contributed by atoms with Crippen molar-refractivity contribution in [1.82, 2.24) is 5.32 Å². The monoisotopic (exact) mass is 275 g/mol. The second kappa shape index (κ2) is 6.20. The summed E-state index contributed by atoms with van der Waals surface area (Å²) < 4.78 is 13.5. The van der Waals surface area contributed by atoms with E-state index in [-0.39, 0.29) is 18.5 Å². The standard InChI is InChI=1S/C11H15BrFNO/c1-2-14-11(5-6-15)8-3-4-10(13)9(12)7-8/h3-4,7,11,14-15H,2,5-6H2,1H3. The van der Waals surface area contributed by atoms with Crippen LogP contribution in [0.25, 0.3) is 0 Å². The van der Waals surface area contributed by atoms with Crippen molar-refractivity contribution in [2.75, 3.05) is 13.2 Å². The largest absolute Gasteiger partial charge is 0.396 e. The van der Waals surface area contributed by atoms with E-state index in [0.29, 0.717) is 10.9 Å². The first-order valence-corrected chi connectivity index (χ1v) is 5.77. The quantitative estimate of drug-likeness (QED) is 0.866. The van der Waals surface area contributed by atoms with E-state index >= 15 is 0 Å². The van der Waals surface area contributed by atoms with Gasteiger partial charge in [0, 0.05) is 12.6 Å². The average Bonchev–Trinajstić information content (AvgIpc) is 2.22. The van der Waals surface area contributed by atoms with E-state index in [1.807, 2.05) is 6.92 Å². The molecule has 1 aromatic carbocycles. The molecule has 0 radical (unpaired) electrons.